The largest absolute Gasteiger partial charge is 0.504 e. The molecule has 0 amide bonds. The summed E-state index contributed by atoms with van der Waals surface area (Å²) in [6, 6.07) is -0.500. The first-order chi connectivity index (χ1) is 8.92. The molecule has 4 nitrogen and oxygen atoms in total. The molecule has 19 heavy (non-hydrogen) atoms. The van der Waals surface area contributed by atoms with Gasteiger partial charge in [0.05, 0.1) is 6.04 Å². The molecule has 1 N–H and O–H groups in total. The van der Waals surface area contributed by atoms with E-state index in [0.29, 0.717) is 0 Å². The van der Waals surface area contributed by atoms with Crippen LogP contribution in [0.2, 0.25) is 6.04 Å². The number of alkyl halides is 3. The van der Waals surface area contributed by atoms with Crippen molar-refractivity contribution in [1.82, 2.24) is 0 Å². The molecule has 1 atom stereocenters. The van der Waals surface area contributed by atoms with Crippen LogP contribution in [-0.4, -0.2) is 52.9 Å². The number of aliphatic hydroxyl groups is 1. The highest BCUT2D eigenvalue weighted by atomic mass is 28.4. The summed E-state index contributed by atoms with van der Waals surface area (Å²) in [6.45, 7) is 7.76. The number of halogens is 3. The fourth-order valence-electron chi connectivity index (χ4n) is 1.29. The SMILES string of the molecule is CCO.CCO[Si](CC(F)C(F)F)(OCC)OCC. The smallest absolute Gasteiger partial charge is 0.397 e. The molecule has 0 saturated carbocycles. The van der Waals surface area contributed by atoms with Crippen LogP contribution in [0.4, 0.5) is 13.2 Å². The summed E-state index contributed by atoms with van der Waals surface area (Å²) in [5, 5.41) is 7.57. The summed E-state index contributed by atoms with van der Waals surface area (Å²) < 4.78 is 53.1. The highest BCUT2D eigenvalue weighted by Crippen LogP contribution is 2.23. The average molecular weight is 306 g/mol. The zero-order valence-corrected chi connectivity index (χ0v) is 13.0. The van der Waals surface area contributed by atoms with Gasteiger partial charge in [0.25, 0.3) is 6.43 Å². The third kappa shape index (κ3) is 10.3. The molecule has 1 unspecified atom stereocenters. The minimum Gasteiger partial charge on any atom is -0.397 e. The Hall–Kier alpha value is -0.153. The highest BCUT2D eigenvalue weighted by molar-refractivity contribution is 6.60. The van der Waals surface area contributed by atoms with Gasteiger partial charge in [-0.15, -0.1) is 0 Å². The Bertz CT molecular complexity index is 182. The molecule has 0 aromatic carbocycles. The van der Waals surface area contributed by atoms with Gasteiger partial charge in [-0.05, 0) is 27.7 Å². The zero-order chi connectivity index (χ0) is 15.3. The Balaban J connectivity index is 0. The maximum absolute atomic E-state index is 13.0. The Kier molecular flexibility index (Phi) is 14.3. The Morgan fingerprint density at radius 2 is 1.21 bits per heavy atom. The number of aliphatic hydroxyl groups excluding tert-OH is 1. The van der Waals surface area contributed by atoms with E-state index in [1.54, 1.807) is 27.7 Å². The average Bonchev–Trinajstić information content (AvgIpc) is 2.30. The fraction of sp³-hybridized carbons (Fsp3) is 1.00. The van der Waals surface area contributed by atoms with Crippen LogP contribution in [0.25, 0.3) is 0 Å². The third-order valence-electron chi connectivity index (χ3n) is 1.81. The van der Waals surface area contributed by atoms with Gasteiger partial charge in [0, 0.05) is 26.4 Å². The lowest BCUT2D eigenvalue weighted by Gasteiger charge is -2.29. The van der Waals surface area contributed by atoms with E-state index in [4.69, 9.17) is 18.4 Å². The lowest BCUT2D eigenvalue weighted by Crippen LogP contribution is -2.48. The summed E-state index contributed by atoms with van der Waals surface area (Å²) in [5.74, 6) is 0. The van der Waals surface area contributed by atoms with Crippen LogP contribution < -0.4 is 0 Å². The van der Waals surface area contributed by atoms with Gasteiger partial charge in [-0.3, -0.25) is 0 Å². The number of hydrogen-bond donors (Lipinski definition) is 1. The summed E-state index contributed by atoms with van der Waals surface area (Å²) in [6.07, 6.45) is -5.30. The van der Waals surface area contributed by atoms with E-state index in [9.17, 15) is 13.2 Å². The molecule has 118 valence electrons. The number of rotatable bonds is 9. The second-order valence-corrected chi connectivity index (χ2v) is 5.99. The van der Waals surface area contributed by atoms with Crippen LogP contribution in [0, 0.1) is 0 Å². The topological polar surface area (TPSA) is 47.9 Å². The summed E-state index contributed by atoms with van der Waals surface area (Å²) in [7, 11) is -3.28. The molecule has 0 radical (unpaired) electrons. The molecular weight excluding hydrogens is 281 g/mol. The predicted octanol–water partition coefficient (Wildman–Crippen LogP) is 2.64. The van der Waals surface area contributed by atoms with Crippen molar-refractivity contribution in [2.24, 2.45) is 0 Å². The molecule has 0 heterocycles. The first-order valence-electron chi connectivity index (χ1n) is 6.37. The standard InChI is InChI=1S/C9H19F3O3Si.C2H6O/c1-4-13-16(14-5-2,15-6-3)7-8(10)9(11)12;1-2-3/h8-9H,4-7H2,1-3H3;3H,2H2,1H3. The van der Waals surface area contributed by atoms with Crippen molar-refractivity contribution in [3.05, 3.63) is 0 Å². The molecule has 0 bridgehead atoms. The molecule has 0 aliphatic carbocycles. The molecule has 0 aromatic heterocycles. The van der Waals surface area contributed by atoms with Gasteiger partial charge in [0.15, 0.2) is 6.17 Å². The van der Waals surface area contributed by atoms with Gasteiger partial charge >= 0.3 is 8.80 Å². The van der Waals surface area contributed by atoms with E-state index in [1.165, 1.54) is 0 Å². The minimum atomic E-state index is -3.28. The van der Waals surface area contributed by atoms with Crippen molar-refractivity contribution in [1.29, 1.82) is 0 Å². The molecule has 0 rings (SSSR count). The van der Waals surface area contributed by atoms with E-state index >= 15 is 0 Å². The zero-order valence-electron chi connectivity index (χ0n) is 12.0. The van der Waals surface area contributed by atoms with E-state index < -0.39 is 27.4 Å². The van der Waals surface area contributed by atoms with E-state index in [1.807, 2.05) is 0 Å². The van der Waals surface area contributed by atoms with Gasteiger partial charge in [0.2, 0.25) is 0 Å². The molecule has 0 aliphatic heterocycles. The van der Waals surface area contributed by atoms with Gasteiger partial charge < -0.3 is 18.4 Å². The van der Waals surface area contributed by atoms with Gasteiger partial charge in [0.1, 0.15) is 0 Å². The summed E-state index contributed by atoms with van der Waals surface area (Å²) in [5.41, 5.74) is 0. The van der Waals surface area contributed by atoms with E-state index in [0.717, 1.165) is 0 Å². The maximum atomic E-state index is 13.0. The quantitative estimate of drug-likeness (QED) is 0.665. The monoisotopic (exact) mass is 306 g/mol. The van der Waals surface area contributed by atoms with Crippen molar-refractivity contribution in [2.75, 3.05) is 26.4 Å². The Morgan fingerprint density at radius 1 is 0.895 bits per heavy atom. The second kappa shape index (κ2) is 12.9. The molecule has 0 saturated heterocycles. The molecular formula is C11H25F3O4Si. The predicted molar refractivity (Wildman–Crippen MR) is 69.1 cm³/mol. The van der Waals surface area contributed by atoms with E-state index in [-0.39, 0.29) is 26.4 Å². The van der Waals surface area contributed by atoms with Crippen molar-refractivity contribution < 1.29 is 31.6 Å². The Morgan fingerprint density at radius 3 is 1.42 bits per heavy atom. The molecule has 0 aliphatic rings. The van der Waals surface area contributed by atoms with Crippen LogP contribution in [0.3, 0.4) is 0 Å². The van der Waals surface area contributed by atoms with Crippen molar-refractivity contribution >= 4 is 8.80 Å². The molecule has 0 fully saturated rings. The first-order valence-corrected chi connectivity index (χ1v) is 8.30. The van der Waals surface area contributed by atoms with Crippen LogP contribution >= 0.6 is 0 Å². The van der Waals surface area contributed by atoms with Crippen molar-refractivity contribution in [3.63, 3.8) is 0 Å². The van der Waals surface area contributed by atoms with Crippen molar-refractivity contribution in [2.45, 2.75) is 46.3 Å². The first kappa shape index (κ1) is 21.2. The van der Waals surface area contributed by atoms with Crippen LogP contribution in [0.5, 0.6) is 0 Å². The van der Waals surface area contributed by atoms with Crippen molar-refractivity contribution in [3.8, 4) is 0 Å². The lowest BCUT2D eigenvalue weighted by molar-refractivity contribution is 0.0266. The summed E-state index contributed by atoms with van der Waals surface area (Å²) >= 11 is 0. The number of hydrogen-bond acceptors (Lipinski definition) is 4. The fourth-order valence-corrected chi connectivity index (χ4v) is 3.87. The van der Waals surface area contributed by atoms with Crippen LogP contribution in [0.15, 0.2) is 0 Å². The normalized spacial score (nSPS) is 13.1. The molecule has 0 spiro atoms. The third-order valence-corrected chi connectivity index (χ3v) is 4.89. The van der Waals surface area contributed by atoms with Gasteiger partial charge in [-0.25, -0.2) is 13.2 Å². The summed E-state index contributed by atoms with van der Waals surface area (Å²) in [4.78, 5) is 0. The lowest BCUT2D eigenvalue weighted by atomic mass is 10.5. The molecule has 8 heteroatoms. The van der Waals surface area contributed by atoms with Gasteiger partial charge in [-0.2, -0.15) is 0 Å². The minimum absolute atomic E-state index is 0.250. The maximum Gasteiger partial charge on any atom is 0.504 e. The van der Waals surface area contributed by atoms with Gasteiger partial charge in [-0.1, -0.05) is 0 Å². The van der Waals surface area contributed by atoms with Crippen LogP contribution in [-0.2, 0) is 13.3 Å². The second-order valence-electron chi connectivity index (χ2n) is 3.35. The van der Waals surface area contributed by atoms with Crippen LogP contribution in [0.1, 0.15) is 27.7 Å². The highest BCUT2D eigenvalue weighted by Gasteiger charge is 2.45. The molecule has 0 aromatic rings. The Labute approximate surface area is 114 Å². The van der Waals surface area contributed by atoms with E-state index in [2.05, 4.69) is 0 Å².